The minimum absolute atomic E-state index is 0.764. The molecule has 0 radical (unpaired) electrons. The van der Waals surface area contributed by atoms with E-state index in [4.69, 9.17) is 9.47 Å². The second kappa shape index (κ2) is 14.8. The zero-order valence-electron chi connectivity index (χ0n) is 22.8. The molecule has 0 aliphatic heterocycles. The Bertz CT molecular complexity index is 1200. The van der Waals surface area contributed by atoms with Crippen LogP contribution in [0.15, 0.2) is 89.4 Å². The first-order valence-electron chi connectivity index (χ1n) is 14.1. The number of benzene rings is 4. The second-order valence-electron chi connectivity index (χ2n) is 9.75. The van der Waals surface area contributed by atoms with Gasteiger partial charge in [0.25, 0.3) is 0 Å². The minimum Gasteiger partial charge on any atom is -0.494 e. The Hall–Kier alpha value is -2.98. The summed E-state index contributed by atoms with van der Waals surface area (Å²) in [6.45, 7) is 5.99. The number of hydrogen-bond acceptors (Lipinski definition) is 3. The minimum atomic E-state index is 0.764. The van der Waals surface area contributed by atoms with Crippen LogP contribution >= 0.6 is 15.9 Å². The Morgan fingerprint density at radius 2 is 1.05 bits per heavy atom. The van der Waals surface area contributed by atoms with Crippen LogP contribution in [0, 0.1) is 0 Å². The summed E-state index contributed by atoms with van der Waals surface area (Å²) >= 11 is 3.74. The molecule has 200 valence electrons. The van der Waals surface area contributed by atoms with Gasteiger partial charge in [-0.3, -0.25) is 0 Å². The molecule has 0 bridgehead atoms. The molecule has 0 heterocycles. The van der Waals surface area contributed by atoms with E-state index in [9.17, 15) is 0 Å². The van der Waals surface area contributed by atoms with E-state index in [0.29, 0.717) is 0 Å². The fraction of sp³-hybridized carbons (Fsp3) is 0.353. The van der Waals surface area contributed by atoms with E-state index >= 15 is 0 Å². The van der Waals surface area contributed by atoms with Crippen molar-refractivity contribution in [3.05, 3.63) is 89.4 Å². The molecular formula is C34H40BrNO2. The lowest BCUT2D eigenvalue weighted by atomic mass is 10.1. The number of rotatable bonds is 15. The molecule has 0 saturated heterocycles. The molecule has 0 aliphatic rings. The normalized spacial score (nSPS) is 11.0. The van der Waals surface area contributed by atoms with Crippen molar-refractivity contribution in [3.63, 3.8) is 0 Å². The molecule has 0 aromatic heterocycles. The Kier molecular flexibility index (Phi) is 10.9. The summed E-state index contributed by atoms with van der Waals surface area (Å²) < 4.78 is 13.1. The van der Waals surface area contributed by atoms with Crippen LogP contribution in [0.2, 0.25) is 0 Å². The number of halogens is 1. The number of anilines is 3. The molecular weight excluding hydrogens is 534 g/mol. The van der Waals surface area contributed by atoms with E-state index in [-0.39, 0.29) is 0 Å². The third-order valence-electron chi connectivity index (χ3n) is 6.81. The molecule has 0 amide bonds. The van der Waals surface area contributed by atoms with E-state index in [1.54, 1.807) is 0 Å². The Morgan fingerprint density at radius 3 is 1.55 bits per heavy atom. The zero-order valence-corrected chi connectivity index (χ0v) is 24.4. The van der Waals surface area contributed by atoms with Crippen molar-refractivity contribution in [1.29, 1.82) is 0 Å². The number of fused-ring (bicyclic) bond motifs is 1. The van der Waals surface area contributed by atoms with Gasteiger partial charge in [-0.2, -0.15) is 0 Å². The molecule has 0 N–H and O–H groups in total. The molecule has 38 heavy (non-hydrogen) atoms. The average Bonchev–Trinajstić information content (AvgIpc) is 2.96. The largest absolute Gasteiger partial charge is 0.494 e. The lowest BCUT2D eigenvalue weighted by Crippen LogP contribution is -2.10. The predicted octanol–water partition coefficient (Wildman–Crippen LogP) is 11.0. The second-order valence-corrected chi connectivity index (χ2v) is 10.6. The van der Waals surface area contributed by atoms with Crippen molar-refractivity contribution in [2.75, 3.05) is 18.1 Å². The first-order valence-corrected chi connectivity index (χ1v) is 14.9. The Labute approximate surface area is 236 Å². The highest BCUT2D eigenvalue weighted by Gasteiger charge is 2.16. The van der Waals surface area contributed by atoms with Gasteiger partial charge in [0.05, 0.1) is 18.9 Å². The first kappa shape index (κ1) is 28.0. The number of nitrogens with zero attached hydrogens (tertiary/aromatic N) is 1. The maximum Gasteiger partial charge on any atom is 0.119 e. The van der Waals surface area contributed by atoms with Crippen molar-refractivity contribution in [2.45, 2.75) is 65.2 Å². The van der Waals surface area contributed by atoms with E-state index in [1.807, 2.05) is 0 Å². The first-order chi connectivity index (χ1) is 18.7. The third kappa shape index (κ3) is 7.54. The number of hydrogen-bond donors (Lipinski definition) is 0. The van der Waals surface area contributed by atoms with Gasteiger partial charge in [0, 0.05) is 21.2 Å². The highest BCUT2D eigenvalue weighted by Crippen LogP contribution is 2.41. The van der Waals surface area contributed by atoms with E-state index in [1.165, 1.54) is 49.3 Å². The van der Waals surface area contributed by atoms with Crippen LogP contribution in [0.4, 0.5) is 17.1 Å². The monoisotopic (exact) mass is 573 g/mol. The molecule has 3 nitrogen and oxygen atoms in total. The lowest BCUT2D eigenvalue weighted by Gasteiger charge is -2.27. The molecule has 4 aromatic rings. The summed E-state index contributed by atoms with van der Waals surface area (Å²) in [5.74, 6) is 1.83. The molecule has 0 unspecified atom stereocenters. The summed E-state index contributed by atoms with van der Waals surface area (Å²) in [4.78, 5) is 2.31. The van der Waals surface area contributed by atoms with Gasteiger partial charge < -0.3 is 14.4 Å². The predicted molar refractivity (Wildman–Crippen MR) is 166 cm³/mol. The maximum absolute atomic E-state index is 6.02. The topological polar surface area (TPSA) is 21.7 Å². The summed E-state index contributed by atoms with van der Waals surface area (Å²) in [6.07, 6.45) is 9.64. The highest BCUT2D eigenvalue weighted by atomic mass is 79.9. The van der Waals surface area contributed by atoms with E-state index in [0.717, 1.165) is 59.1 Å². The fourth-order valence-corrected chi connectivity index (χ4v) is 5.17. The van der Waals surface area contributed by atoms with Crippen LogP contribution in [-0.2, 0) is 0 Å². The third-order valence-corrected chi connectivity index (χ3v) is 7.50. The van der Waals surface area contributed by atoms with Gasteiger partial charge >= 0.3 is 0 Å². The molecule has 0 fully saturated rings. The summed E-state index contributed by atoms with van der Waals surface area (Å²) in [5.41, 5.74) is 3.30. The van der Waals surface area contributed by atoms with Crippen LogP contribution < -0.4 is 14.4 Å². The van der Waals surface area contributed by atoms with Gasteiger partial charge in [-0.15, -0.1) is 0 Å². The van der Waals surface area contributed by atoms with E-state index in [2.05, 4.69) is 120 Å². The van der Waals surface area contributed by atoms with Gasteiger partial charge in [0.1, 0.15) is 11.5 Å². The van der Waals surface area contributed by atoms with Crippen molar-refractivity contribution >= 4 is 43.8 Å². The Morgan fingerprint density at radius 1 is 0.553 bits per heavy atom. The summed E-state index contributed by atoms with van der Waals surface area (Å²) in [5, 5.41) is 2.38. The summed E-state index contributed by atoms with van der Waals surface area (Å²) in [7, 11) is 0. The van der Waals surface area contributed by atoms with Gasteiger partial charge in [-0.05, 0) is 78.9 Å². The van der Waals surface area contributed by atoms with Crippen molar-refractivity contribution < 1.29 is 9.47 Å². The molecule has 0 saturated carbocycles. The summed E-state index contributed by atoms with van der Waals surface area (Å²) in [6, 6.07) is 29.8. The van der Waals surface area contributed by atoms with Crippen molar-refractivity contribution in [3.8, 4) is 11.5 Å². The Balaban J connectivity index is 1.60. The van der Waals surface area contributed by atoms with Gasteiger partial charge in [-0.25, -0.2) is 0 Å². The zero-order chi connectivity index (χ0) is 26.6. The molecule has 4 aromatic carbocycles. The van der Waals surface area contributed by atoms with Crippen LogP contribution in [-0.4, -0.2) is 13.2 Å². The quantitative estimate of drug-likeness (QED) is 0.132. The van der Waals surface area contributed by atoms with Crippen molar-refractivity contribution in [1.82, 2.24) is 0 Å². The van der Waals surface area contributed by atoms with E-state index < -0.39 is 0 Å². The molecule has 0 atom stereocenters. The number of unbranched alkanes of at least 4 members (excludes halogenated alkanes) is 6. The van der Waals surface area contributed by atoms with Crippen LogP contribution in [0.3, 0.4) is 0 Å². The van der Waals surface area contributed by atoms with Crippen LogP contribution in [0.5, 0.6) is 11.5 Å². The maximum atomic E-state index is 6.02. The lowest BCUT2D eigenvalue weighted by molar-refractivity contribution is 0.305. The molecule has 0 spiro atoms. The van der Waals surface area contributed by atoms with Crippen LogP contribution in [0.1, 0.15) is 65.2 Å². The fourth-order valence-electron chi connectivity index (χ4n) is 4.69. The average molecular weight is 575 g/mol. The van der Waals surface area contributed by atoms with Gasteiger partial charge in [-0.1, -0.05) is 92.6 Å². The van der Waals surface area contributed by atoms with Crippen LogP contribution in [0.25, 0.3) is 10.8 Å². The molecule has 4 rings (SSSR count). The SMILES string of the molecule is CCCCCCOc1ccc(N(c2ccc(OCCCCCC)cc2)c2ccc(Br)c3ccccc23)cc1. The van der Waals surface area contributed by atoms with Crippen molar-refractivity contribution in [2.24, 2.45) is 0 Å². The molecule has 0 aliphatic carbocycles. The highest BCUT2D eigenvalue weighted by molar-refractivity contribution is 9.10. The standard InChI is InChI=1S/C34H40BrNO2/c1-3-5-7-11-25-37-29-19-15-27(16-20-29)36(34-24-23-33(35)31-13-9-10-14-32(31)34)28-17-21-30(22-18-28)38-26-12-8-6-4-2/h9-10,13-24H,3-8,11-12,25-26H2,1-2H3. The van der Waals surface area contributed by atoms with Gasteiger partial charge in [0.2, 0.25) is 0 Å². The van der Waals surface area contributed by atoms with Gasteiger partial charge in [0.15, 0.2) is 0 Å². The molecule has 4 heteroatoms. The smallest absolute Gasteiger partial charge is 0.119 e. The number of ether oxygens (including phenoxy) is 2.